The fourth-order valence-electron chi connectivity index (χ4n) is 3.75. The molecule has 2 unspecified atom stereocenters. The largest absolute Gasteiger partial charge is 0.481 e. The molecule has 0 aliphatic heterocycles. The second kappa shape index (κ2) is 9.63. The summed E-state index contributed by atoms with van der Waals surface area (Å²) in [6.07, 6.45) is 2.14. The lowest BCUT2D eigenvalue weighted by molar-refractivity contribution is -0.136. The number of aryl methyl sites for hydroxylation is 2. The number of nitrogens with zero attached hydrogens (tertiary/aromatic N) is 2. The van der Waals surface area contributed by atoms with Crippen LogP contribution < -0.4 is 0 Å². The summed E-state index contributed by atoms with van der Waals surface area (Å²) in [5.41, 5.74) is 5.47. The van der Waals surface area contributed by atoms with Gasteiger partial charge in [0.15, 0.2) is 0 Å². The lowest BCUT2D eigenvalue weighted by atomic mass is 9.82. The zero-order valence-electron chi connectivity index (χ0n) is 16.9. The number of nitroso groups, excluding NO2 is 1. The third-order valence-corrected chi connectivity index (χ3v) is 5.47. The van der Waals surface area contributed by atoms with Gasteiger partial charge < -0.3 is 5.11 Å². The van der Waals surface area contributed by atoms with Crippen LogP contribution in [0.1, 0.15) is 51.9 Å². The van der Waals surface area contributed by atoms with Crippen molar-refractivity contribution in [3.05, 3.63) is 104 Å². The summed E-state index contributed by atoms with van der Waals surface area (Å²) in [6, 6.07) is 16.4. The third kappa shape index (κ3) is 5.30. The summed E-state index contributed by atoms with van der Waals surface area (Å²) in [7, 11) is 0. The van der Waals surface area contributed by atoms with Crippen LogP contribution in [0.4, 0.5) is 0 Å². The molecule has 1 aromatic heterocycles. The number of rotatable bonds is 8. The van der Waals surface area contributed by atoms with Gasteiger partial charge >= 0.3 is 5.97 Å². The van der Waals surface area contributed by atoms with E-state index in [0.29, 0.717) is 11.4 Å². The molecule has 0 amide bonds. The monoisotopic (exact) mass is 422 g/mol. The molecule has 6 heteroatoms. The van der Waals surface area contributed by atoms with Crippen molar-refractivity contribution in [2.45, 2.75) is 38.6 Å². The Labute approximate surface area is 180 Å². The van der Waals surface area contributed by atoms with Gasteiger partial charge in [0.05, 0.1) is 6.42 Å². The molecule has 2 atom stereocenters. The van der Waals surface area contributed by atoms with Gasteiger partial charge in [-0.2, -0.15) is 4.91 Å². The molecule has 0 saturated heterocycles. The van der Waals surface area contributed by atoms with Crippen molar-refractivity contribution in [2.75, 3.05) is 0 Å². The molecule has 3 aromatic rings. The van der Waals surface area contributed by atoms with Crippen LogP contribution in [0.5, 0.6) is 0 Å². The predicted molar refractivity (Wildman–Crippen MR) is 118 cm³/mol. The van der Waals surface area contributed by atoms with Crippen LogP contribution in [-0.2, 0) is 11.2 Å². The molecule has 1 N–H and O–H groups in total. The van der Waals surface area contributed by atoms with Crippen LogP contribution >= 0.6 is 11.6 Å². The molecule has 0 saturated carbocycles. The summed E-state index contributed by atoms with van der Waals surface area (Å²) in [6.45, 7) is 3.88. The minimum absolute atomic E-state index is 0.0280. The Kier molecular flexibility index (Phi) is 6.95. The first-order valence-corrected chi connectivity index (χ1v) is 10.1. The van der Waals surface area contributed by atoms with Gasteiger partial charge in [-0.3, -0.25) is 9.78 Å². The van der Waals surface area contributed by atoms with Crippen molar-refractivity contribution in [3.8, 4) is 0 Å². The summed E-state index contributed by atoms with van der Waals surface area (Å²) in [4.78, 5) is 27.0. The highest BCUT2D eigenvalue weighted by Gasteiger charge is 2.24. The molecule has 0 fully saturated rings. The number of halogens is 1. The Morgan fingerprint density at radius 3 is 2.40 bits per heavy atom. The molecule has 0 aliphatic rings. The van der Waals surface area contributed by atoms with Crippen LogP contribution in [0.2, 0.25) is 5.02 Å². The first-order chi connectivity index (χ1) is 14.4. The molecule has 0 spiro atoms. The van der Waals surface area contributed by atoms with Gasteiger partial charge in [-0.25, -0.2) is 0 Å². The third-order valence-electron chi connectivity index (χ3n) is 5.24. The number of aliphatic carboxylic acids is 1. The normalized spacial score (nSPS) is 12.9. The maximum atomic E-state index is 11.8. The zero-order valence-corrected chi connectivity index (χ0v) is 17.6. The minimum atomic E-state index is -0.869. The number of pyridine rings is 1. The molecule has 0 radical (unpaired) electrons. The Balaban J connectivity index is 2.00. The van der Waals surface area contributed by atoms with E-state index in [1.807, 2.05) is 68.4 Å². The standard InChI is InChI=1S/C24H23ClN2O3/c1-15-11-20(25)7-8-21(15)22(18-5-3-17(4-6-18)13-24(28)29)14-23(27-30)19-9-10-26-16(2)12-19/h3-12,22-23H,13-14H2,1-2H3,(H,28,29). The minimum Gasteiger partial charge on any atom is -0.481 e. The number of carboxylic acid groups (broad SMARTS) is 1. The molecule has 1 heterocycles. The molecule has 30 heavy (non-hydrogen) atoms. The number of carbonyl (C=O) groups is 1. The van der Waals surface area contributed by atoms with E-state index < -0.39 is 12.0 Å². The highest BCUT2D eigenvalue weighted by atomic mass is 35.5. The maximum absolute atomic E-state index is 11.8. The predicted octanol–water partition coefficient (Wildman–Crippen LogP) is 6.01. The van der Waals surface area contributed by atoms with Crippen molar-refractivity contribution in [3.63, 3.8) is 0 Å². The van der Waals surface area contributed by atoms with E-state index in [0.717, 1.165) is 33.5 Å². The first kappa shape index (κ1) is 21.7. The topological polar surface area (TPSA) is 79.6 Å². The highest BCUT2D eigenvalue weighted by molar-refractivity contribution is 6.30. The van der Waals surface area contributed by atoms with Gasteiger partial charge in [0, 0.05) is 22.8 Å². The number of carboxylic acids is 1. The number of aromatic nitrogens is 1. The Bertz CT molecular complexity index is 1050. The number of benzene rings is 2. The average Bonchev–Trinajstić information content (AvgIpc) is 2.70. The Morgan fingerprint density at radius 1 is 1.07 bits per heavy atom. The molecule has 0 aliphatic carbocycles. The van der Waals surface area contributed by atoms with Gasteiger partial charge in [0.2, 0.25) is 0 Å². The van der Waals surface area contributed by atoms with Crippen molar-refractivity contribution in [1.82, 2.24) is 4.98 Å². The molecule has 5 nitrogen and oxygen atoms in total. The van der Waals surface area contributed by atoms with Crippen LogP contribution in [-0.4, -0.2) is 16.1 Å². The second-order valence-corrected chi connectivity index (χ2v) is 7.89. The lowest BCUT2D eigenvalue weighted by Crippen LogP contribution is -2.09. The van der Waals surface area contributed by atoms with Crippen LogP contribution in [0.3, 0.4) is 0 Å². The van der Waals surface area contributed by atoms with Crippen LogP contribution in [0.25, 0.3) is 0 Å². The van der Waals surface area contributed by atoms with Crippen molar-refractivity contribution < 1.29 is 9.90 Å². The second-order valence-electron chi connectivity index (χ2n) is 7.45. The molecular weight excluding hydrogens is 400 g/mol. The van der Waals surface area contributed by atoms with E-state index in [9.17, 15) is 9.70 Å². The van der Waals surface area contributed by atoms with E-state index in [1.54, 1.807) is 6.20 Å². The molecular formula is C24H23ClN2O3. The van der Waals surface area contributed by atoms with E-state index in [2.05, 4.69) is 10.2 Å². The van der Waals surface area contributed by atoms with Crippen molar-refractivity contribution in [1.29, 1.82) is 0 Å². The highest BCUT2D eigenvalue weighted by Crippen LogP contribution is 2.38. The van der Waals surface area contributed by atoms with Crippen molar-refractivity contribution in [2.24, 2.45) is 5.18 Å². The summed E-state index contributed by atoms with van der Waals surface area (Å²) in [5.74, 6) is -0.969. The van der Waals surface area contributed by atoms with Gasteiger partial charge in [-0.05, 0) is 72.4 Å². The smallest absolute Gasteiger partial charge is 0.307 e. The quantitative estimate of drug-likeness (QED) is 0.451. The summed E-state index contributed by atoms with van der Waals surface area (Å²) < 4.78 is 0. The van der Waals surface area contributed by atoms with E-state index in [1.165, 1.54) is 0 Å². The van der Waals surface area contributed by atoms with Gasteiger partial charge in [0.25, 0.3) is 0 Å². The first-order valence-electron chi connectivity index (χ1n) is 9.69. The number of hydrogen-bond donors (Lipinski definition) is 1. The zero-order chi connectivity index (χ0) is 21.7. The Morgan fingerprint density at radius 2 is 1.80 bits per heavy atom. The van der Waals surface area contributed by atoms with Gasteiger partial charge in [-0.1, -0.05) is 47.1 Å². The molecule has 2 aromatic carbocycles. The van der Waals surface area contributed by atoms with Crippen LogP contribution in [0, 0.1) is 18.8 Å². The fourth-order valence-corrected chi connectivity index (χ4v) is 3.98. The van der Waals surface area contributed by atoms with Crippen molar-refractivity contribution >= 4 is 17.6 Å². The fraction of sp³-hybridized carbons (Fsp3) is 0.250. The SMILES string of the molecule is Cc1cc(C(CC(c2ccc(CC(=O)O)cc2)c2ccc(Cl)cc2C)N=O)ccn1. The van der Waals surface area contributed by atoms with Crippen LogP contribution in [0.15, 0.2) is 66.0 Å². The Hall–Kier alpha value is -3.05. The van der Waals surface area contributed by atoms with Gasteiger partial charge in [0.1, 0.15) is 6.04 Å². The molecule has 0 bridgehead atoms. The van der Waals surface area contributed by atoms with E-state index >= 15 is 0 Å². The molecule has 3 rings (SSSR count). The summed E-state index contributed by atoms with van der Waals surface area (Å²) >= 11 is 6.15. The van der Waals surface area contributed by atoms with E-state index in [-0.39, 0.29) is 12.3 Å². The maximum Gasteiger partial charge on any atom is 0.307 e. The van der Waals surface area contributed by atoms with E-state index in [4.69, 9.17) is 16.7 Å². The average molecular weight is 423 g/mol. The molecule has 154 valence electrons. The lowest BCUT2D eigenvalue weighted by Gasteiger charge is -2.23. The number of hydrogen-bond acceptors (Lipinski definition) is 4. The van der Waals surface area contributed by atoms with Gasteiger partial charge in [-0.15, -0.1) is 0 Å². The summed E-state index contributed by atoms with van der Waals surface area (Å²) in [5, 5.41) is 13.1.